The van der Waals surface area contributed by atoms with E-state index in [1.807, 2.05) is 0 Å². The lowest BCUT2D eigenvalue weighted by atomic mass is 10.0. The van der Waals surface area contributed by atoms with Crippen LogP contribution in [0.1, 0.15) is 12.8 Å². The van der Waals surface area contributed by atoms with E-state index in [-0.39, 0.29) is 11.8 Å². The highest BCUT2D eigenvalue weighted by Gasteiger charge is 2.31. The number of benzene rings is 1. The van der Waals surface area contributed by atoms with Crippen molar-refractivity contribution in [1.82, 2.24) is 4.90 Å². The number of carbonyl (C=O) groups excluding carboxylic acids is 1. The van der Waals surface area contributed by atoms with E-state index in [0.717, 1.165) is 0 Å². The van der Waals surface area contributed by atoms with Crippen LogP contribution in [0.25, 0.3) is 0 Å². The van der Waals surface area contributed by atoms with Crippen LogP contribution in [0, 0.1) is 0 Å². The molecule has 2 rings (SSSR count). The summed E-state index contributed by atoms with van der Waals surface area (Å²) in [6.45, 7) is 1.07. The number of nitrogens with one attached hydrogen (secondary N) is 1. The highest BCUT2D eigenvalue weighted by atomic mass is 19.4. The molecule has 0 atom stereocenters. The van der Waals surface area contributed by atoms with Gasteiger partial charge < -0.3 is 20.7 Å². The molecule has 0 bridgehead atoms. The summed E-state index contributed by atoms with van der Waals surface area (Å²) < 4.78 is 40.3. The second-order valence-corrected chi connectivity index (χ2v) is 4.82. The van der Waals surface area contributed by atoms with Gasteiger partial charge in [-0.3, -0.25) is 0 Å². The van der Waals surface area contributed by atoms with Gasteiger partial charge in [-0.1, -0.05) is 6.07 Å². The number of nitrogens with two attached hydrogens (primary N) is 1. The molecule has 0 saturated carbocycles. The number of alkyl halides is 3. The second kappa shape index (κ2) is 6.11. The fourth-order valence-corrected chi connectivity index (χ4v) is 2.26. The van der Waals surface area contributed by atoms with Crippen LogP contribution in [0.4, 0.5) is 23.7 Å². The van der Waals surface area contributed by atoms with Gasteiger partial charge in [0.05, 0.1) is 0 Å². The summed E-state index contributed by atoms with van der Waals surface area (Å²) >= 11 is 0. The first-order chi connectivity index (χ1) is 9.83. The number of amides is 2. The first-order valence-corrected chi connectivity index (χ1v) is 6.50. The Morgan fingerprint density at radius 2 is 2.00 bits per heavy atom. The molecular formula is C13H16F3N3O2. The minimum Gasteiger partial charge on any atom is -0.406 e. The molecule has 2 amide bonds. The van der Waals surface area contributed by atoms with Gasteiger partial charge in [0.15, 0.2) is 0 Å². The zero-order valence-electron chi connectivity index (χ0n) is 11.2. The summed E-state index contributed by atoms with van der Waals surface area (Å²) in [5, 5.41) is 3.14. The molecule has 1 aliphatic heterocycles. The van der Waals surface area contributed by atoms with Crippen molar-refractivity contribution in [3.63, 3.8) is 0 Å². The smallest absolute Gasteiger partial charge is 0.406 e. The first kappa shape index (κ1) is 15.3. The Morgan fingerprint density at radius 3 is 2.57 bits per heavy atom. The molecule has 1 fully saturated rings. The maximum atomic E-state index is 12.2. The van der Waals surface area contributed by atoms with Crippen molar-refractivity contribution >= 4 is 11.7 Å². The van der Waals surface area contributed by atoms with Crippen LogP contribution >= 0.6 is 0 Å². The molecule has 5 nitrogen and oxygen atoms in total. The van der Waals surface area contributed by atoms with Crippen molar-refractivity contribution in [2.45, 2.75) is 25.2 Å². The Morgan fingerprint density at radius 1 is 1.33 bits per heavy atom. The maximum absolute atomic E-state index is 12.2. The van der Waals surface area contributed by atoms with Crippen LogP contribution in [0.3, 0.4) is 0 Å². The molecule has 0 radical (unpaired) electrons. The SMILES string of the molecule is NC(=O)N1CCC(Nc2cccc(OC(F)(F)F)c2)CC1. The van der Waals surface area contributed by atoms with E-state index in [9.17, 15) is 18.0 Å². The van der Waals surface area contributed by atoms with Crippen LogP contribution in [0.5, 0.6) is 5.75 Å². The number of primary amides is 1. The molecule has 0 unspecified atom stereocenters. The Balaban J connectivity index is 1.92. The molecule has 116 valence electrons. The number of hydrogen-bond acceptors (Lipinski definition) is 3. The van der Waals surface area contributed by atoms with Gasteiger partial charge in [-0.15, -0.1) is 13.2 Å². The minimum atomic E-state index is -4.70. The molecule has 0 aromatic heterocycles. The Hall–Kier alpha value is -2.12. The number of carbonyl (C=O) groups is 1. The summed E-state index contributed by atoms with van der Waals surface area (Å²) in [5.41, 5.74) is 5.74. The van der Waals surface area contributed by atoms with E-state index in [0.29, 0.717) is 31.6 Å². The van der Waals surface area contributed by atoms with Gasteiger partial charge in [-0.05, 0) is 25.0 Å². The van der Waals surface area contributed by atoms with Crippen LogP contribution in [-0.2, 0) is 0 Å². The molecule has 1 aromatic carbocycles. The maximum Gasteiger partial charge on any atom is 0.573 e. The van der Waals surface area contributed by atoms with E-state index in [1.165, 1.54) is 18.2 Å². The molecular weight excluding hydrogens is 287 g/mol. The normalized spacial score (nSPS) is 16.6. The van der Waals surface area contributed by atoms with E-state index in [2.05, 4.69) is 10.1 Å². The predicted molar refractivity (Wildman–Crippen MR) is 70.9 cm³/mol. The summed E-state index contributed by atoms with van der Waals surface area (Å²) in [5.74, 6) is -0.262. The van der Waals surface area contributed by atoms with Gasteiger partial charge in [0.2, 0.25) is 0 Å². The monoisotopic (exact) mass is 303 g/mol. The van der Waals surface area contributed by atoms with E-state index < -0.39 is 12.4 Å². The molecule has 1 saturated heterocycles. The fourth-order valence-electron chi connectivity index (χ4n) is 2.26. The van der Waals surface area contributed by atoms with Gasteiger partial charge in [0, 0.05) is 30.9 Å². The van der Waals surface area contributed by atoms with Crippen molar-refractivity contribution in [2.24, 2.45) is 5.73 Å². The van der Waals surface area contributed by atoms with Gasteiger partial charge in [0.25, 0.3) is 0 Å². The van der Waals surface area contributed by atoms with E-state index >= 15 is 0 Å². The molecule has 8 heteroatoms. The standard InChI is InChI=1S/C13H16F3N3O2/c14-13(15,16)21-11-3-1-2-10(8-11)18-9-4-6-19(7-5-9)12(17)20/h1-3,8-9,18H,4-7H2,(H2,17,20). The molecule has 1 heterocycles. The summed E-state index contributed by atoms with van der Waals surface area (Å²) in [4.78, 5) is 12.5. The fraction of sp³-hybridized carbons (Fsp3) is 0.462. The third kappa shape index (κ3) is 4.73. The van der Waals surface area contributed by atoms with Gasteiger partial charge in [-0.2, -0.15) is 0 Å². The van der Waals surface area contributed by atoms with E-state index in [1.54, 1.807) is 11.0 Å². The average molecular weight is 303 g/mol. The highest BCUT2D eigenvalue weighted by Crippen LogP contribution is 2.26. The molecule has 21 heavy (non-hydrogen) atoms. The van der Waals surface area contributed by atoms with Gasteiger partial charge >= 0.3 is 12.4 Å². The third-order valence-corrected chi connectivity index (χ3v) is 3.25. The first-order valence-electron chi connectivity index (χ1n) is 6.50. The lowest BCUT2D eigenvalue weighted by molar-refractivity contribution is -0.274. The quantitative estimate of drug-likeness (QED) is 0.901. The molecule has 3 N–H and O–H groups in total. The zero-order valence-corrected chi connectivity index (χ0v) is 11.2. The van der Waals surface area contributed by atoms with E-state index in [4.69, 9.17) is 5.73 Å². The number of ether oxygens (including phenoxy) is 1. The van der Waals surface area contributed by atoms with Crippen molar-refractivity contribution in [3.8, 4) is 5.75 Å². The van der Waals surface area contributed by atoms with Crippen LogP contribution in [0.2, 0.25) is 0 Å². The summed E-state index contributed by atoms with van der Waals surface area (Å²) in [6, 6.07) is 5.34. The summed E-state index contributed by atoms with van der Waals surface area (Å²) in [7, 11) is 0. The lowest BCUT2D eigenvalue weighted by Gasteiger charge is -2.31. The van der Waals surface area contributed by atoms with Crippen LogP contribution in [0.15, 0.2) is 24.3 Å². The van der Waals surface area contributed by atoms with Crippen LogP contribution in [-0.4, -0.2) is 36.4 Å². The number of hydrogen-bond donors (Lipinski definition) is 2. The van der Waals surface area contributed by atoms with Crippen molar-refractivity contribution in [3.05, 3.63) is 24.3 Å². The van der Waals surface area contributed by atoms with Crippen molar-refractivity contribution in [1.29, 1.82) is 0 Å². The molecule has 0 spiro atoms. The van der Waals surface area contributed by atoms with Crippen molar-refractivity contribution in [2.75, 3.05) is 18.4 Å². The largest absolute Gasteiger partial charge is 0.573 e. The zero-order chi connectivity index (χ0) is 15.5. The summed E-state index contributed by atoms with van der Waals surface area (Å²) in [6.07, 6.45) is -3.33. The number of nitrogens with zero attached hydrogens (tertiary/aromatic N) is 1. The Labute approximate surface area is 119 Å². The predicted octanol–water partition coefficient (Wildman–Crippen LogP) is 2.54. The molecule has 1 aliphatic rings. The number of anilines is 1. The Bertz CT molecular complexity index is 500. The van der Waals surface area contributed by atoms with Gasteiger partial charge in [0.1, 0.15) is 5.75 Å². The average Bonchev–Trinajstić information content (AvgIpc) is 2.37. The molecule has 1 aromatic rings. The second-order valence-electron chi connectivity index (χ2n) is 4.82. The molecule has 0 aliphatic carbocycles. The minimum absolute atomic E-state index is 0.0849. The number of halogens is 3. The number of likely N-dealkylation sites (tertiary alicyclic amines) is 1. The highest BCUT2D eigenvalue weighted by molar-refractivity contribution is 5.72. The van der Waals surface area contributed by atoms with Gasteiger partial charge in [-0.25, -0.2) is 4.79 Å². The number of urea groups is 1. The number of rotatable bonds is 3. The van der Waals surface area contributed by atoms with Crippen molar-refractivity contribution < 1.29 is 22.7 Å². The Kier molecular flexibility index (Phi) is 4.44. The van der Waals surface area contributed by atoms with Crippen LogP contribution < -0.4 is 15.8 Å². The topological polar surface area (TPSA) is 67.6 Å². The lowest BCUT2D eigenvalue weighted by Crippen LogP contribution is -2.44. The number of piperidine rings is 1. The third-order valence-electron chi connectivity index (χ3n) is 3.25.